The second-order valence-corrected chi connectivity index (χ2v) is 8.32. The number of hydrogen-bond donors (Lipinski definition) is 0. The van der Waals surface area contributed by atoms with Crippen LogP contribution in [0.1, 0.15) is 85.4 Å². The Balaban J connectivity index is 2.54. The maximum atomic E-state index is 13.5. The van der Waals surface area contributed by atoms with E-state index in [4.69, 9.17) is 4.74 Å². The smallest absolute Gasteiger partial charge is 0.381 e. The summed E-state index contributed by atoms with van der Waals surface area (Å²) >= 11 is 0. The number of rotatable bonds is 17. The zero-order valence-electron chi connectivity index (χ0n) is 19.8. The summed E-state index contributed by atoms with van der Waals surface area (Å²) < 4.78 is 113. The van der Waals surface area contributed by atoms with Crippen LogP contribution in [0.5, 0.6) is 0 Å². The molecule has 1 aromatic rings. The molecular weight excluding hydrogens is 504 g/mol. The number of esters is 2. The lowest BCUT2D eigenvalue weighted by Gasteiger charge is -2.31. The summed E-state index contributed by atoms with van der Waals surface area (Å²) in [6.45, 7) is -0.347. The zero-order valence-corrected chi connectivity index (χ0v) is 19.8. The Bertz CT molecular complexity index is 830. The summed E-state index contributed by atoms with van der Waals surface area (Å²) in [5.74, 6) is -21.1. The van der Waals surface area contributed by atoms with Gasteiger partial charge < -0.3 is 9.47 Å². The van der Waals surface area contributed by atoms with E-state index in [-0.39, 0.29) is 12.2 Å². The lowest BCUT2D eigenvalue weighted by Crippen LogP contribution is -2.59. The molecule has 1 rings (SSSR count). The number of halogens is 8. The topological polar surface area (TPSA) is 52.6 Å². The van der Waals surface area contributed by atoms with Gasteiger partial charge in [0.2, 0.25) is 0 Å². The molecule has 0 N–H and O–H groups in total. The fraction of sp³-hybridized carbons (Fsp3) is 0.667. The van der Waals surface area contributed by atoms with Gasteiger partial charge in [-0.1, -0.05) is 64.4 Å². The van der Waals surface area contributed by atoms with E-state index in [9.17, 15) is 44.7 Å². The molecule has 4 nitrogen and oxygen atoms in total. The van der Waals surface area contributed by atoms with Crippen molar-refractivity contribution in [1.82, 2.24) is 0 Å². The first-order valence-electron chi connectivity index (χ1n) is 11.6. The normalized spacial score (nSPS) is 12.6. The molecule has 0 radical (unpaired) electrons. The van der Waals surface area contributed by atoms with Crippen LogP contribution in [0, 0.1) is 0 Å². The van der Waals surface area contributed by atoms with E-state index in [1.165, 1.54) is 31.7 Å². The maximum absolute atomic E-state index is 13.5. The molecule has 0 aliphatic carbocycles. The number of benzene rings is 1. The van der Waals surface area contributed by atoms with Gasteiger partial charge in [0.25, 0.3) is 0 Å². The summed E-state index contributed by atoms with van der Waals surface area (Å²) in [5, 5.41) is 0. The highest BCUT2D eigenvalue weighted by atomic mass is 19.4. The van der Waals surface area contributed by atoms with E-state index in [0.717, 1.165) is 43.9 Å². The Labute approximate surface area is 204 Å². The maximum Gasteiger partial charge on any atom is 0.381 e. The molecule has 0 saturated carbocycles. The molecule has 0 spiro atoms. The quantitative estimate of drug-likeness (QED) is 0.117. The zero-order chi connectivity index (χ0) is 27.4. The first kappa shape index (κ1) is 31.6. The van der Waals surface area contributed by atoms with Crippen LogP contribution in [0.3, 0.4) is 0 Å². The first-order chi connectivity index (χ1) is 16.8. The molecule has 0 atom stereocenters. The largest absolute Gasteiger partial charge is 0.462 e. The van der Waals surface area contributed by atoms with Gasteiger partial charge in [-0.15, -0.1) is 0 Å². The third kappa shape index (κ3) is 8.92. The minimum absolute atomic E-state index is 0.100. The molecule has 0 saturated heterocycles. The Morgan fingerprint density at radius 3 is 1.75 bits per heavy atom. The Hall–Kier alpha value is -2.40. The lowest BCUT2D eigenvalue weighted by atomic mass is 10.1. The predicted octanol–water partition coefficient (Wildman–Crippen LogP) is 7.70. The molecule has 36 heavy (non-hydrogen) atoms. The molecule has 0 heterocycles. The van der Waals surface area contributed by atoms with Crippen molar-refractivity contribution in [2.24, 2.45) is 0 Å². The summed E-state index contributed by atoms with van der Waals surface area (Å²) in [7, 11) is 0. The number of carbonyl (C=O) groups excluding carboxylic acids is 2. The molecule has 206 valence electrons. The van der Waals surface area contributed by atoms with E-state index >= 15 is 0 Å². The summed E-state index contributed by atoms with van der Waals surface area (Å²) in [6, 6.07) is 4.26. The van der Waals surface area contributed by atoms with Gasteiger partial charge in [0.05, 0.1) is 17.7 Å². The number of ether oxygens (including phenoxy) is 2. The van der Waals surface area contributed by atoms with Crippen molar-refractivity contribution in [3.63, 3.8) is 0 Å². The number of hydrogen-bond acceptors (Lipinski definition) is 4. The van der Waals surface area contributed by atoms with Crippen molar-refractivity contribution in [3.05, 3.63) is 35.4 Å². The van der Waals surface area contributed by atoms with Gasteiger partial charge in [-0.25, -0.2) is 18.4 Å². The van der Waals surface area contributed by atoms with E-state index in [1.807, 2.05) is 0 Å². The van der Waals surface area contributed by atoms with Gasteiger partial charge >= 0.3 is 36.1 Å². The number of unbranched alkanes of at least 4 members (excludes halogenated alkanes) is 8. The second kappa shape index (κ2) is 14.4. The van der Waals surface area contributed by atoms with Gasteiger partial charge in [-0.3, -0.25) is 0 Å². The monoisotopic (exact) mass is 534 g/mol. The molecule has 0 aliphatic heterocycles. The summed E-state index contributed by atoms with van der Waals surface area (Å²) in [6.07, 6.45) is 4.37. The van der Waals surface area contributed by atoms with Gasteiger partial charge in [0.1, 0.15) is 0 Å². The van der Waals surface area contributed by atoms with Crippen LogP contribution in [0.4, 0.5) is 35.1 Å². The Kier molecular flexibility index (Phi) is 12.6. The van der Waals surface area contributed by atoms with Crippen molar-refractivity contribution >= 4 is 11.9 Å². The average molecular weight is 534 g/mol. The molecule has 0 unspecified atom stereocenters. The Morgan fingerprint density at radius 2 is 1.25 bits per heavy atom. The van der Waals surface area contributed by atoms with Gasteiger partial charge in [-0.2, -0.15) is 26.3 Å². The fourth-order valence-electron chi connectivity index (χ4n) is 3.15. The SMILES string of the molecule is CCCCCCCCCCCOC(=O)c1cccc(C(=O)OCC(F)(F)C(F)(F)C(F)(F)C(F)F)c1. The van der Waals surface area contributed by atoms with E-state index < -0.39 is 48.3 Å². The van der Waals surface area contributed by atoms with Gasteiger partial charge in [0.15, 0.2) is 6.61 Å². The van der Waals surface area contributed by atoms with Crippen LogP contribution in [0.25, 0.3) is 0 Å². The van der Waals surface area contributed by atoms with Crippen LogP contribution in [-0.2, 0) is 9.47 Å². The highest BCUT2D eigenvalue weighted by Gasteiger charge is 2.75. The van der Waals surface area contributed by atoms with E-state index in [0.29, 0.717) is 6.42 Å². The predicted molar refractivity (Wildman–Crippen MR) is 115 cm³/mol. The molecule has 0 fully saturated rings. The van der Waals surface area contributed by atoms with Gasteiger partial charge in [0, 0.05) is 0 Å². The lowest BCUT2D eigenvalue weighted by molar-refractivity contribution is -0.343. The van der Waals surface area contributed by atoms with Crippen molar-refractivity contribution in [1.29, 1.82) is 0 Å². The van der Waals surface area contributed by atoms with E-state index in [1.54, 1.807) is 0 Å². The fourth-order valence-corrected chi connectivity index (χ4v) is 3.15. The summed E-state index contributed by atoms with van der Waals surface area (Å²) in [5.41, 5.74) is -0.700. The molecule has 0 aliphatic rings. The molecule has 1 aromatic carbocycles. The highest BCUT2D eigenvalue weighted by Crippen LogP contribution is 2.48. The minimum atomic E-state index is -6.49. The second-order valence-electron chi connectivity index (χ2n) is 8.32. The standard InChI is InChI=1S/C24H30F8O4/c1-2-3-4-5-6-7-8-9-10-14-35-19(33)17-12-11-13-18(15-17)20(34)36-16-22(27,28)24(31,32)23(29,30)21(25)26/h11-13,15,21H,2-10,14,16H2,1H3. The van der Waals surface area contributed by atoms with Crippen LogP contribution in [0.2, 0.25) is 0 Å². The molecule has 0 bridgehead atoms. The minimum Gasteiger partial charge on any atom is -0.462 e. The van der Waals surface area contributed by atoms with E-state index in [2.05, 4.69) is 11.7 Å². The summed E-state index contributed by atoms with van der Waals surface area (Å²) in [4.78, 5) is 24.1. The van der Waals surface area contributed by atoms with Crippen LogP contribution >= 0.6 is 0 Å². The van der Waals surface area contributed by atoms with Crippen molar-refractivity contribution in [2.75, 3.05) is 13.2 Å². The average Bonchev–Trinajstić information content (AvgIpc) is 2.83. The third-order valence-corrected chi connectivity index (χ3v) is 5.35. The molecular formula is C24H30F8O4. The molecule has 0 amide bonds. The first-order valence-corrected chi connectivity index (χ1v) is 11.6. The Morgan fingerprint density at radius 1 is 0.778 bits per heavy atom. The van der Waals surface area contributed by atoms with Crippen molar-refractivity contribution in [2.45, 2.75) is 88.9 Å². The van der Waals surface area contributed by atoms with Crippen molar-refractivity contribution in [3.8, 4) is 0 Å². The van der Waals surface area contributed by atoms with Gasteiger partial charge in [-0.05, 0) is 24.6 Å². The van der Waals surface area contributed by atoms with Crippen molar-refractivity contribution < 1.29 is 54.2 Å². The molecule has 0 aromatic heterocycles. The highest BCUT2D eigenvalue weighted by molar-refractivity contribution is 5.95. The number of alkyl halides is 8. The number of carbonyl (C=O) groups is 2. The van der Waals surface area contributed by atoms with Crippen LogP contribution in [0.15, 0.2) is 24.3 Å². The van der Waals surface area contributed by atoms with Crippen LogP contribution < -0.4 is 0 Å². The van der Waals surface area contributed by atoms with Crippen LogP contribution in [-0.4, -0.2) is 49.3 Å². The third-order valence-electron chi connectivity index (χ3n) is 5.35. The molecule has 12 heteroatoms.